The van der Waals surface area contributed by atoms with Crippen LogP contribution < -0.4 is 0 Å². The summed E-state index contributed by atoms with van der Waals surface area (Å²) >= 11 is 5.90. The van der Waals surface area contributed by atoms with E-state index >= 15 is 0 Å². The Bertz CT molecular complexity index is 676. The van der Waals surface area contributed by atoms with E-state index in [1.807, 2.05) is 0 Å². The van der Waals surface area contributed by atoms with Gasteiger partial charge >= 0.3 is 5.97 Å². The van der Waals surface area contributed by atoms with E-state index in [0.717, 1.165) is 0 Å². The molecule has 1 N–H and O–H groups in total. The van der Waals surface area contributed by atoms with Gasteiger partial charge in [0, 0.05) is 18.9 Å². The van der Waals surface area contributed by atoms with Crippen LogP contribution in [0, 0.1) is 0 Å². The van der Waals surface area contributed by atoms with Crippen molar-refractivity contribution < 1.29 is 23.1 Å². The number of carboxylic acids is 1. The van der Waals surface area contributed by atoms with Gasteiger partial charge in [0.15, 0.2) is 9.84 Å². The summed E-state index contributed by atoms with van der Waals surface area (Å²) in [7, 11) is -3.34. The Morgan fingerprint density at radius 2 is 2.19 bits per heavy atom. The summed E-state index contributed by atoms with van der Waals surface area (Å²) < 4.78 is 23.3. The highest BCUT2D eigenvalue weighted by atomic mass is 35.5. The van der Waals surface area contributed by atoms with Gasteiger partial charge in [0.1, 0.15) is 0 Å². The van der Waals surface area contributed by atoms with E-state index in [2.05, 4.69) is 4.98 Å². The van der Waals surface area contributed by atoms with Gasteiger partial charge < -0.3 is 10.0 Å². The highest BCUT2D eigenvalue weighted by molar-refractivity contribution is 7.91. The molecule has 1 saturated heterocycles. The van der Waals surface area contributed by atoms with E-state index in [1.165, 1.54) is 23.4 Å². The number of halogens is 1. The summed E-state index contributed by atoms with van der Waals surface area (Å²) in [5, 5.41) is 9.04. The number of hydrogen-bond donors (Lipinski definition) is 1. The van der Waals surface area contributed by atoms with E-state index in [0.29, 0.717) is 0 Å². The lowest BCUT2D eigenvalue weighted by atomic mass is 10.1. The van der Waals surface area contributed by atoms with Crippen LogP contribution in [0.25, 0.3) is 0 Å². The molecular formula is C12H13ClN2O5S. The van der Waals surface area contributed by atoms with Crippen LogP contribution in [0.5, 0.6) is 0 Å². The molecule has 0 aromatic carbocycles. The molecule has 1 aromatic heterocycles. The second-order valence-corrected chi connectivity index (χ2v) is 7.36. The third-order valence-electron chi connectivity index (χ3n) is 3.20. The monoisotopic (exact) mass is 332 g/mol. The molecule has 7 nitrogen and oxygen atoms in total. The molecule has 2 heterocycles. The highest BCUT2D eigenvalue weighted by Gasteiger charge is 2.36. The fourth-order valence-electron chi connectivity index (χ4n) is 2.23. The van der Waals surface area contributed by atoms with E-state index in [9.17, 15) is 18.0 Å². The number of aliphatic carboxylic acids is 1. The van der Waals surface area contributed by atoms with Crippen LogP contribution >= 0.6 is 11.6 Å². The molecule has 2 rings (SSSR count). The van der Waals surface area contributed by atoms with Crippen molar-refractivity contribution in [2.75, 3.05) is 18.1 Å². The summed E-state index contributed by atoms with van der Waals surface area (Å²) in [6, 6.07) is 0.531. The predicted molar refractivity (Wildman–Crippen MR) is 75.0 cm³/mol. The summed E-state index contributed by atoms with van der Waals surface area (Å²) in [6.45, 7) is -0.0439. The topological polar surface area (TPSA) is 105 Å². The number of sulfone groups is 1. The molecule has 1 atom stereocenters. The number of aromatic nitrogens is 1. The molecule has 0 spiro atoms. The van der Waals surface area contributed by atoms with Crippen LogP contribution in [0.1, 0.15) is 16.8 Å². The summed E-state index contributed by atoms with van der Waals surface area (Å²) in [6.07, 6.45) is 2.28. The zero-order chi connectivity index (χ0) is 15.6. The third-order valence-corrected chi connectivity index (χ3v) is 5.20. The quantitative estimate of drug-likeness (QED) is 0.861. The number of carbonyl (C=O) groups is 2. The molecule has 114 valence electrons. The van der Waals surface area contributed by atoms with Crippen LogP contribution in [0.15, 0.2) is 18.5 Å². The predicted octanol–water partition coefficient (Wildman–Crippen LogP) is 0.449. The maximum atomic E-state index is 12.4. The molecule has 9 heteroatoms. The Hall–Kier alpha value is -1.67. The normalized spacial score (nSPS) is 21.0. The average Bonchev–Trinajstić information content (AvgIpc) is 2.37. The standard InChI is InChI=1S/C12H13ClN2O5S/c13-10-6-14-2-1-9(10)12(18)15-3-4-21(19,20)7-8(15)5-11(16)17/h1-2,6,8H,3-5,7H2,(H,16,17). The maximum absolute atomic E-state index is 12.4. The molecule has 0 saturated carbocycles. The molecule has 1 aliphatic heterocycles. The summed E-state index contributed by atoms with van der Waals surface area (Å²) in [4.78, 5) is 28.4. The minimum Gasteiger partial charge on any atom is -0.481 e. The molecule has 0 aliphatic carbocycles. The Balaban J connectivity index is 2.29. The van der Waals surface area contributed by atoms with Crippen molar-refractivity contribution in [1.82, 2.24) is 9.88 Å². The third kappa shape index (κ3) is 3.70. The van der Waals surface area contributed by atoms with E-state index < -0.39 is 34.2 Å². The molecule has 1 aliphatic rings. The minimum atomic E-state index is -3.34. The van der Waals surface area contributed by atoms with Crippen LogP contribution in [0.2, 0.25) is 5.02 Å². The molecule has 21 heavy (non-hydrogen) atoms. The molecular weight excluding hydrogens is 320 g/mol. The second-order valence-electron chi connectivity index (χ2n) is 4.72. The number of hydrogen-bond acceptors (Lipinski definition) is 5. The van der Waals surface area contributed by atoms with Gasteiger partial charge in [0.2, 0.25) is 0 Å². The zero-order valence-corrected chi connectivity index (χ0v) is 12.5. The molecule has 0 radical (unpaired) electrons. The lowest BCUT2D eigenvalue weighted by Crippen LogP contribution is -2.52. The van der Waals surface area contributed by atoms with Gasteiger partial charge in [-0.2, -0.15) is 0 Å². The highest BCUT2D eigenvalue weighted by Crippen LogP contribution is 2.21. The first kappa shape index (κ1) is 15.7. The van der Waals surface area contributed by atoms with Crippen LogP contribution in [-0.4, -0.2) is 59.4 Å². The number of pyridine rings is 1. The van der Waals surface area contributed by atoms with Crippen molar-refractivity contribution in [2.24, 2.45) is 0 Å². The molecule has 1 fully saturated rings. The van der Waals surface area contributed by atoms with E-state index in [-0.39, 0.29) is 28.6 Å². The Labute approximate surface area is 126 Å². The van der Waals surface area contributed by atoms with E-state index in [1.54, 1.807) is 0 Å². The van der Waals surface area contributed by atoms with Gasteiger partial charge in [-0.05, 0) is 6.07 Å². The Kier molecular flexibility index (Phi) is 4.48. The van der Waals surface area contributed by atoms with Crippen molar-refractivity contribution >= 4 is 33.3 Å². The minimum absolute atomic E-state index is 0.0439. The van der Waals surface area contributed by atoms with Crippen LogP contribution in [-0.2, 0) is 14.6 Å². The van der Waals surface area contributed by atoms with Crippen molar-refractivity contribution in [2.45, 2.75) is 12.5 Å². The zero-order valence-electron chi connectivity index (χ0n) is 10.9. The summed E-state index contributed by atoms with van der Waals surface area (Å²) in [5.41, 5.74) is 0.182. The van der Waals surface area contributed by atoms with Gasteiger partial charge in [-0.25, -0.2) is 8.42 Å². The Morgan fingerprint density at radius 1 is 1.48 bits per heavy atom. The average molecular weight is 333 g/mol. The van der Waals surface area contributed by atoms with E-state index in [4.69, 9.17) is 16.7 Å². The van der Waals surface area contributed by atoms with Crippen molar-refractivity contribution in [3.05, 3.63) is 29.0 Å². The number of rotatable bonds is 3. The number of amides is 1. The first-order chi connectivity index (χ1) is 9.80. The number of carbonyl (C=O) groups excluding carboxylic acids is 1. The first-order valence-corrected chi connectivity index (χ1v) is 8.33. The van der Waals surface area contributed by atoms with Crippen molar-refractivity contribution in [3.8, 4) is 0 Å². The van der Waals surface area contributed by atoms with Crippen LogP contribution in [0.3, 0.4) is 0 Å². The second kappa shape index (κ2) is 5.98. The maximum Gasteiger partial charge on any atom is 0.305 e. The SMILES string of the molecule is O=C(O)CC1CS(=O)(=O)CCN1C(=O)c1ccncc1Cl. The van der Waals surface area contributed by atoms with Gasteiger partial charge in [0.25, 0.3) is 5.91 Å². The van der Waals surface area contributed by atoms with Gasteiger partial charge in [-0.3, -0.25) is 14.6 Å². The van der Waals surface area contributed by atoms with Crippen molar-refractivity contribution in [1.29, 1.82) is 0 Å². The number of carboxylic acid groups (broad SMARTS) is 1. The van der Waals surface area contributed by atoms with Gasteiger partial charge in [0.05, 0.1) is 34.6 Å². The van der Waals surface area contributed by atoms with Crippen molar-refractivity contribution in [3.63, 3.8) is 0 Å². The molecule has 0 bridgehead atoms. The molecule has 1 unspecified atom stereocenters. The Morgan fingerprint density at radius 3 is 2.81 bits per heavy atom. The molecule has 1 amide bonds. The lowest BCUT2D eigenvalue weighted by Gasteiger charge is -2.34. The largest absolute Gasteiger partial charge is 0.481 e. The number of nitrogens with zero attached hydrogens (tertiary/aromatic N) is 2. The van der Waals surface area contributed by atoms with Gasteiger partial charge in [-0.1, -0.05) is 11.6 Å². The fourth-order valence-corrected chi connectivity index (χ4v) is 3.95. The van der Waals surface area contributed by atoms with Crippen LogP contribution in [0.4, 0.5) is 0 Å². The fraction of sp³-hybridized carbons (Fsp3) is 0.417. The smallest absolute Gasteiger partial charge is 0.305 e. The first-order valence-electron chi connectivity index (χ1n) is 6.13. The van der Waals surface area contributed by atoms with Gasteiger partial charge in [-0.15, -0.1) is 0 Å². The lowest BCUT2D eigenvalue weighted by molar-refractivity contribution is -0.138. The summed E-state index contributed by atoms with van der Waals surface area (Å²) in [5.74, 6) is -2.18. The molecule has 1 aromatic rings.